The fraction of sp³-hybridized carbons (Fsp3) is 0.333. The van der Waals surface area contributed by atoms with Crippen LogP contribution in [0.4, 0.5) is 31.5 Å². The first kappa shape index (κ1) is 25.9. The Balaban J connectivity index is 1.71. The number of nitrogens with one attached hydrogen (secondary N) is 1. The van der Waals surface area contributed by atoms with E-state index in [1.807, 2.05) is 25.1 Å². The number of nitrogens with zero attached hydrogens (tertiary/aromatic N) is 4. The Morgan fingerprint density at radius 2 is 1.87 bits per heavy atom. The number of hydrogen-bond acceptors (Lipinski definition) is 6. The summed E-state index contributed by atoms with van der Waals surface area (Å²) >= 11 is 0. The molecule has 0 atom stereocenters. The van der Waals surface area contributed by atoms with Crippen LogP contribution in [-0.4, -0.2) is 49.4 Å². The van der Waals surface area contributed by atoms with E-state index in [0.717, 1.165) is 61.3 Å². The van der Waals surface area contributed by atoms with Crippen LogP contribution in [0.2, 0.25) is 0 Å². The Kier molecular flexibility index (Phi) is 7.69. The number of pyridine rings is 2. The zero-order chi connectivity index (χ0) is 26.6. The predicted molar refractivity (Wildman–Crippen MR) is 151 cm³/mol. The van der Waals surface area contributed by atoms with Gasteiger partial charge in [0.2, 0.25) is 0 Å². The van der Waals surface area contributed by atoms with Gasteiger partial charge in [0.25, 0.3) is 0 Å². The molecule has 0 aliphatic carbocycles. The first-order chi connectivity index (χ1) is 18.5. The van der Waals surface area contributed by atoms with Gasteiger partial charge in [0.15, 0.2) is 0 Å². The lowest BCUT2D eigenvalue weighted by atomic mass is 10.0. The second-order valence-electron chi connectivity index (χ2n) is 9.46. The summed E-state index contributed by atoms with van der Waals surface area (Å²) < 4.78 is 35.3. The van der Waals surface area contributed by atoms with Gasteiger partial charge in [0.1, 0.15) is 11.6 Å². The van der Waals surface area contributed by atoms with Gasteiger partial charge in [-0.05, 0) is 50.6 Å². The third kappa shape index (κ3) is 5.13. The van der Waals surface area contributed by atoms with Crippen molar-refractivity contribution in [2.24, 2.45) is 0 Å². The van der Waals surface area contributed by atoms with Gasteiger partial charge in [0, 0.05) is 55.8 Å². The Labute approximate surface area is 222 Å². The zero-order valence-corrected chi connectivity index (χ0v) is 22.1. The van der Waals surface area contributed by atoms with E-state index in [2.05, 4.69) is 57.1 Å². The summed E-state index contributed by atoms with van der Waals surface area (Å²) in [5.74, 6) is -1.32. The van der Waals surface area contributed by atoms with Gasteiger partial charge in [-0.3, -0.25) is 4.98 Å². The van der Waals surface area contributed by atoms with Crippen molar-refractivity contribution in [3.8, 4) is 11.4 Å². The Morgan fingerprint density at radius 1 is 1.05 bits per heavy atom. The van der Waals surface area contributed by atoms with Gasteiger partial charge >= 0.3 is 0 Å². The van der Waals surface area contributed by atoms with Crippen LogP contribution in [-0.2, 0) is 4.74 Å². The number of aromatic nitrogens is 2. The van der Waals surface area contributed by atoms with Gasteiger partial charge < -0.3 is 19.9 Å². The molecule has 8 heteroatoms. The molecule has 1 saturated heterocycles. The molecule has 4 aromatic rings. The van der Waals surface area contributed by atoms with E-state index in [0.29, 0.717) is 30.3 Å². The molecule has 2 aromatic carbocycles. The fourth-order valence-electron chi connectivity index (χ4n) is 5.09. The Bertz CT molecular complexity index is 1420. The molecule has 2 aromatic heterocycles. The molecule has 6 nitrogen and oxygen atoms in total. The number of morpholine rings is 1. The minimum absolute atomic E-state index is 0.237. The lowest BCUT2D eigenvalue weighted by Crippen LogP contribution is -2.36. The maximum absolute atomic E-state index is 15.4. The van der Waals surface area contributed by atoms with Crippen molar-refractivity contribution >= 4 is 33.7 Å². The SMILES string of the molecule is CCCN(CC)c1ccc(N2CCOCC2)c(Nc2c(C)c(-c3ccccn3)nc3cc(F)cc(F)c23)c1. The van der Waals surface area contributed by atoms with Crippen LogP contribution in [0.1, 0.15) is 25.8 Å². The maximum Gasteiger partial charge on any atom is 0.137 e. The van der Waals surface area contributed by atoms with Gasteiger partial charge in [-0.1, -0.05) is 13.0 Å². The van der Waals surface area contributed by atoms with E-state index in [-0.39, 0.29) is 10.9 Å². The second-order valence-corrected chi connectivity index (χ2v) is 9.46. The molecular weight excluding hydrogens is 484 g/mol. The van der Waals surface area contributed by atoms with Crippen LogP contribution in [0.15, 0.2) is 54.7 Å². The molecule has 0 saturated carbocycles. The number of rotatable bonds is 8. The number of fused-ring (bicyclic) bond motifs is 1. The molecule has 5 rings (SSSR count). The number of ether oxygens (including phenoxy) is 1. The van der Waals surface area contributed by atoms with Crippen molar-refractivity contribution < 1.29 is 13.5 Å². The molecule has 1 aliphatic rings. The molecule has 198 valence electrons. The number of anilines is 4. The van der Waals surface area contributed by atoms with Crippen molar-refractivity contribution in [1.29, 1.82) is 0 Å². The van der Waals surface area contributed by atoms with Crippen molar-refractivity contribution in [3.05, 3.63) is 71.9 Å². The fourth-order valence-corrected chi connectivity index (χ4v) is 5.09. The van der Waals surface area contributed by atoms with E-state index >= 15 is 4.39 Å². The summed E-state index contributed by atoms with van der Waals surface area (Å²) in [7, 11) is 0. The van der Waals surface area contributed by atoms with Crippen molar-refractivity contribution in [2.75, 3.05) is 54.5 Å². The van der Waals surface area contributed by atoms with Gasteiger partial charge in [-0.15, -0.1) is 0 Å². The molecule has 0 unspecified atom stereocenters. The quantitative estimate of drug-likeness (QED) is 0.281. The summed E-state index contributed by atoms with van der Waals surface area (Å²) in [6.07, 6.45) is 2.72. The minimum atomic E-state index is -0.668. The van der Waals surface area contributed by atoms with Crippen molar-refractivity contribution in [3.63, 3.8) is 0 Å². The van der Waals surface area contributed by atoms with E-state index in [9.17, 15) is 4.39 Å². The molecule has 1 N–H and O–H groups in total. The van der Waals surface area contributed by atoms with E-state index in [1.165, 1.54) is 6.07 Å². The highest BCUT2D eigenvalue weighted by Crippen LogP contribution is 2.40. The molecule has 38 heavy (non-hydrogen) atoms. The topological polar surface area (TPSA) is 53.5 Å². The molecule has 0 radical (unpaired) electrons. The third-order valence-corrected chi connectivity index (χ3v) is 6.99. The monoisotopic (exact) mass is 517 g/mol. The summed E-state index contributed by atoms with van der Waals surface area (Å²) in [6, 6.07) is 14.1. The highest BCUT2D eigenvalue weighted by atomic mass is 19.1. The number of halogens is 2. The molecule has 3 heterocycles. The zero-order valence-electron chi connectivity index (χ0n) is 22.1. The number of benzene rings is 2. The van der Waals surface area contributed by atoms with Crippen LogP contribution in [0.5, 0.6) is 0 Å². The van der Waals surface area contributed by atoms with Crippen molar-refractivity contribution in [2.45, 2.75) is 27.2 Å². The highest BCUT2D eigenvalue weighted by molar-refractivity contribution is 5.99. The van der Waals surface area contributed by atoms with Gasteiger partial charge in [-0.2, -0.15) is 0 Å². The average molecular weight is 518 g/mol. The van der Waals surface area contributed by atoms with Crippen LogP contribution < -0.4 is 15.1 Å². The largest absolute Gasteiger partial charge is 0.378 e. The van der Waals surface area contributed by atoms with E-state index < -0.39 is 11.6 Å². The van der Waals surface area contributed by atoms with Crippen LogP contribution >= 0.6 is 0 Å². The molecule has 0 bridgehead atoms. The first-order valence-electron chi connectivity index (χ1n) is 13.2. The standard InChI is InChI=1S/C30H33F2N5O/c1-4-12-36(5-2)22-9-10-27(37-13-15-38-16-14-37)25(19-22)34-30-20(3)29(24-8-6-7-11-33-24)35-26-18-21(31)17-23(32)28(26)30/h6-11,17-19H,4-5,12-16H2,1-3H3,(H,34,35). The summed E-state index contributed by atoms with van der Waals surface area (Å²) in [6.45, 7) is 10.8. The molecule has 0 amide bonds. The predicted octanol–water partition coefficient (Wildman–Crippen LogP) is 6.70. The van der Waals surface area contributed by atoms with Crippen molar-refractivity contribution in [1.82, 2.24) is 9.97 Å². The van der Waals surface area contributed by atoms with E-state index in [4.69, 9.17) is 4.74 Å². The Hall–Kier alpha value is -3.78. The minimum Gasteiger partial charge on any atom is -0.378 e. The lowest BCUT2D eigenvalue weighted by Gasteiger charge is -2.32. The second kappa shape index (κ2) is 11.3. The smallest absolute Gasteiger partial charge is 0.137 e. The first-order valence-corrected chi connectivity index (χ1v) is 13.2. The summed E-state index contributed by atoms with van der Waals surface area (Å²) in [5.41, 5.74) is 5.70. The molecule has 0 spiro atoms. The van der Waals surface area contributed by atoms with E-state index in [1.54, 1.807) is 6.20 Å². The normalized spacial score (nSPS) is 13.7. The maximum atomic E-state index is 15.4. The van der Waals surface area contributed by atoms with Crippen LogP contribution in [0.25, 0.3) is 22.3 Å². The third-order valence-electron chi connectivity index (χ3n) is 6.99. The van der Waals surface area contributed by atoms with Crippen LogP contribution in [0, 0.1) is 18.6 Å². The summed E-state index contributed by atoms with van der Waals surface area (Å²) in [4.78, 5) is 13.7. The Morgan fingerprint density at radius 3 is 2.58 bits per heavy atom. The van der Waals surface area contributed by atoms with Crippen LogP contribution in [0.3, 0.4) is 0 Å². The molecule has 1 fully saturated rings. The molecule has 1 aliphatic heterocycles. The highest BCUT2D eigenvalue weighted by Gasteiger charge is 2.22. The van der Waals surface area contributed by atoms with Gasteiger partial charge in [-0.25, -0.2) is 13.8 Å². The average Bonchev–Trinajstić information content (AvgIpc) is 2.94. The lowest BCUT2D eigenvalue weighted by molar-refractivity contribution is 0.123. The van der Waals surface area contributed by atoms with Gasteiger partial charge in [0.05, 0.1) is 52.6 Å². The number of hydrogen-bond donors (Lipinski definition) is 1. The summed E-state index contributed by atoms with van der Waals surface area (Å²) in [5, 5.41) is 3.83. The molecular formula is C30H33F2N5O.